The lowest BCUT2D eigenvalue weighted by Crippen LogP contribution is -3.08. The molecule has 2 N–H and O–H groups in total. The second kappa shape index (κ2) is 7.72. The van der Waals surface area contributed by atoms with Crippen molar-refractivity contribution in [3.05, 3.63) is 72.5 Å². The van der Waals surface area contributed by atoms with Crippen LogP contribution in [0, 0.1) is 5.82 Å². The number of nitrogens with zero attached hydrogens (tertiary/aromatic N) is 1. The van der Waals surface area contributed by atoms with Gasteiger partial charge in [0, 0.05) is 11.3 Å². The van der Waals surface area contributed by atoms with Crippen molar-refractivity contribution in [1.29, 1.82) is 0 Å². The van der Waals surface area contributed by atoms with Crippen LogP contribution in [0.2, 0.25) is 0 Å². The van der Waals surface area contributed by atoms with Crippen molar-refractivity contribution in [3.8, 4) is 11.3 Å². The van der Waals surface area contributed by atoms with Crippen LogP contribution in [0.15, 0.2) is 65.2 Å². The highest BCUT2D eigenvalue weighted by molar-refractivity contribution is 5.91. The Kier molecular flexibility index (Phi) is 5.20. The number of likely N-dealkylation sites (N-methyl/N-ethyl adjacent to an activating group) is 1. The number of carbonyl (C=O) groups is 1. The van der Waals surface area contributed by atoms with Crippen molar-refractivity contribution in [2.45, 2.75) is 6.54 Å². The molecule has 1 aromatic heterocycles. The molecule has 3 rings (SSSR count). The number of hydrogen-bond donors (Lipinski definition) is 2. The van der Waals surface area contributed by atoms with Crippen LogP contribution in [0.1, 0.15) is 5.89 Å². The number of benzene rings is 2. The summed E-state index contributed by atoms with van der Waals surface area (Å²) < 4.78 is 18.6. The van der Waals surface area contributed by atoms with Crippen LogP contribution in [0.3, 0.4) is 0 Å². The molecule has 0 aliphatic rings. The largest absolute Gasteiger partial charge is 0.435 e. The summed E-state index contributed by atoms with van der Waals surface area (Å²) in [6.07, 6.45) is 1.69. The average molecular weight is 340 g/mol. The number of carbonyl (C=O) groups excluding carboxylic acids is 1. The summed E-state index contributed by atoms with van der Waals surface area (Å²) >= 11 is 0. The lowest BCUT2D eigenvalue weighted by atomic mass is 10.2. The molecule has 0 aliphatic carbocycles. The maximum atomic E-state index is 12.9. The molecule has 0 bridgehead atoms. The third kappa shape index (κ3) is 4.74. The Balaban J connectivity index is 1.54. The van der Waals surface area contributed by atoms with Gasteiger partial charge in [0.05, 0.1) is 13.2 Å². The Morgan fingerprint density at radius 2 is 1.88 bits per heavy atom. The first-order valence-electron chi connectivity index (χ1n) is 7.97. The first-order valence-corrected chi connectivity index (χ1v) is 7.97. The van der Waals surface area contributed by atoms with E-state index in [2.05, 4.69) is 10.3 Å². The summed E-state index contributed by atoms with van der Waals surface area (Å²) in [5.74, 6) is 0.794. The molecular weight excluding hydrogens is 321 g/mol. The second-order valence-corrected chi connectivity index (χ2v) is 5.85. The first-order chi connectivity index (χ1) is 12.1. The monoisotopic (exact) mass is 340 g/mol. The Bertz CT molecular complexity index is 831. The van der Waals surface area contributed by atoms with Gasteiger partial charge in [-0.1, -0.05) is 30.3 Å². The number of hydrogen-bond acceptors (Lipinski definition) is 3. The smallest absolute Gasteiger partial charge is 0.279 e. The minimum absolute atomic E-state index is 0.154. The van der Waals surface area contributed by atoms with Crippen molar-refractivity contribution < 1.29 is 18.5 Å². The molecule has 0 radical (unpaired) electrons. The average Bonchev–Trinajstić information content (AvgIpc) is 3.06. The van der Waals surface area contributed by atoms with Crippen molar-refractivity contribution in [2.75, 3.05) is 18.9 Å². The van der Waals surface area contributed by atoms with E-state index in [9.17, 15) is 9.18 Å². The number of nitrogens with one attached hydrogen (secondary N) is 2. The van der Waals surface area contributed by atoms with Crippen molar-refractivity contribution >= 4 is 11.6 Å². The van der Waals surface area contributed by atoms with E-state index in [1.165, 1.54) is 24.3 Å². The van der Waals surface area contributed by atoms with Crippen LogP contribution < -0.4 is 10.2 Å². The molecule has 0 spiro atoms. The van der Waals surface area contributed by atoms with Gasteiger partial charge in [-0.3, -0.25) is 4.79 Å². The molecule has 0 saturated heterocycles. The molecular formula is C19H19FN3O2+. The maximum Gasteiger partial charge on any atom is 0.279 e. The summed E-state index contributed by atoms with van der Waals surface area (Å²) in [6.45, 7) is 0.740. The highest BCUT2D eigenvalue weighted by Crippen LogP contribution is 2.19. The van der Waals surface area contributed by atoms with Gasteiger partial charge >= 0.3 is 0 Å². The van der Waals surface area contributed by atoms with Crippen molar-refractivity contribution in [3.63, 3.8) is 0 Å². The quantitative estimate of drug-likeness (QED) is 0.723. The fraction of sp³-hybridized carbons (Fsp3) is 0.158. The van der Waals surface area contributed by atoms with Crippen LogP contribution in [0.4, 0.5) is 10.1 Å². The molecule has 6 heteroatoms. The zero-order valence-electron chi connectivity index (χ0n) is 13.8. The Morgan fingerprint density at radius 1 is 1.16 bits per heavy atom. The summed E-state index contributed by atoms with van der Waals surface area (Å²) in [7, 11) is 1.89. The van der Waals surface area contributed by atoms with Gasteiger partial charge in [-0.25, -0.2) is 9.37 Å². The van der Waals surface area contributed by atoms with Crippen LogP contribution in [0.5, 0.6) is 0 Å². The molecule has 2 aromatic carbocycles. The van der Waals surface area contributed by atoms with Gasteiger partial charge in [0.1, 0.15) is 5.82 Å². The molecule has 5 nitrogen and oxygen atoms in total. The van der Waals surface area contributed by atoms with Crippen LogP contribution in [-0.2, 0) is 11.3 Å². The molecule has 128 valence electrons. The molecule has 1 unspecified atom stereocenters. The predicted octanol–water partition coefficient (Wildman–Crippen LogP) is 2.13. The van der Waals surface area contributed by atoms with Gasteiger partial charge < -0.3 is 14.6 Å². The summed E-state index contributed by atoms with van der Waals surface area (Å²) in [5.41, 5.74) is 1.54. The highest BCUT2D eigenvalue weighted by Gasteiger charge is 2.14. The molecule has 0 fully saturated rings. The van der Waals surface area contributed by atoms with E-state index in [1.54, 1.807) is 6.20 Å². The lowest BCUT2D eigenvalue weighted by Gasteiger charge is -2.12. The third-order valence-corrected chi connectivity index (χ3v) is 3.66. The van der Waals surface area contributed by atoms with Gasteiger partial charge in [0.15, 0.2) is 18.8 Å². The standard InChI is InChI=1S/C19H18FN3O2/c1-23(12-18(24)22-16-9-7-15(20)8-10-16)13-19-21-11-17(25-19)14-5-3-2-4-6-14/h2-11H,12-13H2,1H3,(H,22,24)/p+1. The molecule has 1 amide bonds. The Hall–Kier alpha value is -2.99. The van der Waals surface area contributed by atoms with Gasteiger partial charge in [-0.2, -0.15) is 0 Å². The number of amides is 1. The van der Waals surface area contributed by atoms with E-state index in [-0.39, 0.29) is 18.3 Å². The van der Waals surface area contributed by atoms with E-state index in [0.29, 0.717) is 23.9 Å². The van der Waals surface area contributed by atoms with E-state index in [1.807, 2.05) is 37.4 Å². The topological polar surface area (TPSA) is 59.6 Å². The molecule has 0 saturated carbocycles. The van der Waals surface area contributed by atoms with Crippen molar-refractivity contribution in [2.24, 2.45) is 0 Å². The number of oxazole rings is 1. The van der Waals surface area contributed by atoms with Crippen molar-refractivity contribution in [1.82, 2.24) is 4.98 Å². The zero-order chi connectivity index (χ0) is 17.6. The Morgan fingerprint density at radius 3 is 2.60 bits per heavy atom. The summed E-state index contributed by atoms with van der Waals surface area (Å²) in [4.78, 5) is 17.3. The van der Waals surface area contributed by atoms with Crippen LogP contribution in [0.25, 0.3) is 11.3 Å². The predicted molar refractivity (Wildman–Crippen MR) is 92.4 cm³/mol. The van der Waals surface area contributed by atoms with Crippen LogP contribution >= 0.6 is 0 Å². The molecule has 3 aromatic rings. The van der Waals surface area contributed by atoms with E-state index in [0.717, 1.165) is 10.5 Å². The third-order valence-electron chi connectivity index (χ3n) is 3.66. The first kappa shape index (κ1) is 16.9. The van der Waals surface area contributed by atoms with Gasteiger partial charge in [0.2, 0.25) is 0 Å². The fourth-order valence-corrected chi connectivity index (χ4v) is 2.46. The lowest BCUT2D eigenvalue weighted by molar-refractivity contribution is -0.886. The number of aromatic nitrogens is 1. The number of quaternary nitrogens is 1. The second-order valence-electron chi connectivity index (χ2n) is 5.85. The number of anilines is 1. The normalized spacial score (nSPS) is 11.9. The Labute approximate surface area is 145 Å². The van der Waals surface area contributed by atoms with Gasteiger partial charge in [-0.05, 0) is 24.3 Å². The zero-order valence-corrected chi connectivity index (χ0v) is 13.8. The highest BCUT2D eigenvalue weighted by atomic mass is 19.1. The maximum absolute atomic E-state index is 12.9. The van der Waals surface area contributed by atoms with Crippen LogP contribution in [-0.4, -0.2) is 24.5 Å². The minimum Gasteiger partial charge on any atom is -0.435 e. The van der Waals surface area contributed by atoms with E-state index >= 15 is 0 Å². The SMILES string of the molecule is C[NH+](CC(=O)Nc1ccc(F)cc1)Cc1ncc(-c2ccccc2)o1. The summed E-state index contributed by atoms with van der Waals surface area (Å²) in [5, 5.41) is 2.74. The van der Waals surface area contributed by atoms with Gasteiger partial charge in [0.25, 0.3) is 11.8 Å². The van der Waals surface area contributed by atoms with Gasteiger partial charge in [-0.15, -0.1) is 0 Å². The van der Waals surface area contributed by atoms with E-state index < -0.39 is 0 Å². The number of rotatable bonds is 6. The summed E-state index contributed by atoms with van der Waals surface area (Å²) in [6, 6.07) is 15.4. The molecule has 1 atom stereocenters. The number of halogens is 1. The molecule has 0 aliphatic heterocycles. The van der Waals surface area contributed by atoms with E-state index in [4.69, 9.17) is 4.42 Å². The fourth-order valence-electron chi connectivity index (χ4n) is 2.46. The molecule has 1 heterocycles. The molecule has 25 heavy (non-hydrogen) atoms. The minimum atomic E-state index is -0.334.